The Hall–Kier alpha value is -3.65. The molecule has 0 spiro atoms. The molecule has 0 radical (unpaired) electrons. The van der Waals surface area contributed by atoms with Gasteiger partial charge in [0.2, 0.25) is 11.8 Å². The molecule has 0 saturated heterocycles. The van der Waals surface area contributed by atoms with Gasteiger partial charge in [0.05, 0.1) is 10.6 Å². The van der Waals surface area contributed by atoms with E-state index >= 15 is 0 Å². The molecule has 1 atom stereocenters. The van der Waals surface area contributed by atoms with Crippen LogP contribution in [0.25, 0.3) is 0 Å². The summed E-state index contributed by atoms with van der Waals surface area (Å²) in [6.07, 6.45) is 5.19. The molecule has 3 aromatic carbocycles. The van der Waals surface area contributed by atoms with Gasteiger partial charge in [-0.05, 0) is 69.0 Å². The lowest BCUT2D eigenvalue weighted by Crippen LogP contribution is -2.53. The molecule has 0 heterocycles. The highest BCUT2D eigenvalue weighted by atomic mass is 32.2. The number of amides is 2. The van der Waals surface area contributed by atoms with Gasteiger partial charge in [0.15, 0.2) is 0 Å². The first kappa shape index (κ1) is 29.3. The predicted octanol–water partition coefficient (Wildman–Crippen LogP) is 5.36. The van der Waals surface area contributed by atoms with Gasteiger partial charge in [-0.1, -0.05) is 79.4 Å². The van der Waals surface area contributed by atoms with Crippen molar-refractivity contribution in [3.63, 3.8) is 0 Å². The topological polar surface area (TPSA) is 86.8 Å². The fourth-order valence-corrected chi connectivity index (χ4v) is 6.62. The van der Waals surface area contributed by atoms with Gasteiger partial charge in [-0.25, -0.2) is 8.42 Å². The molecule has 40 heavy (non-hydrogen) atoms. The van der Waals surface area contributed by atoms with E-state index in [2.05, 4.69) is 5.32 Å². The van der Waals surface area contributed by atoms with E-state index in [1.165, 1.54) is 23.5 Å². The second-order valence-corrected chi connectivity index (χ2v) is 12.6. The van der Waals surface area contributed by atoms with Crippen LogP contribution in [-0.4, -0.2) is 43.8 Å². The second kappa shape index (κ2) is 13.1. The molecule has 1 aliphatic carbocycles. The van der Waals surface area contributed by atoms with E-state index in [1.54, 1.807) is 43.3 Å². The quantitative estimate of drug-likeness (QED) is 0.361. The summed E-state index contributed by atoms with van der Waals surface area (Å²) in [6, 6.07) is 22.3. The second-order valence-electron chi connectivity index (χ2n) is 10.7. The van der Waals surface area contributed by atoms with Crippen molar-refractivity contribution in [2.24, 2.45) is 0 Å². The summed E-state index contributed by atoms with van der Waals surface area (Å²) in [7, 11) is -4.06. The highest BCUT2D eigenvalue weighted by molar-refractivity contribution is 7.92. The summed E-state index contributed by atoms with van der Waals surface area (Å²) < 4.78 is 28.8. The Labute approximate surface area is 238 Å². The number of aryl methyl sites for hydroxylation is 2. The van der Waals surface area contributed by atoms with Crippen LogP contribution in [0.4, 0.5) is 5.69 Å². The Morgan fingerprint density at radius 2 is 1.52 bits per heavy atom. The smallest absolute Gasteiger partial charge is 0.264 e. The summed E-state index contributed by atoms with van der Waals surface area (Å²) in [4.78, 5) is 29.0. The third kappa shape index (κ3) is 7.30. The number of carbonyl (C=O) groups is 2. The van der Waals surface area contributed by atoms with Crippen molar-refractivity contribution in [1.29, 1.82) is 0 Å². The van der Waals surface area contributed by atoms with Crippen molar-refractivity contribution in [1.82, 2.24) is 10.2 Å². The van der Waals surface area contributed by atoms with Crippen molar-refractivity contribution in [3.05, 3.63) is 95.6 Å². The summed E-state index contributed by atoms with van der Waals surface area (Å²) in [5, 5.41) is 3.14. The van der Waals surface area contributed by atoms with Crippen LogP contribution in [0, 0.1) is 13.8 Å². The monoisotopic (exact) mass is 561 g/mol. The summed E-state index contributed by atoms with van der Waals surface area (Å²) in [6.45, 7) is 5.32. The maximum Gasteiger partial charge on any atom is 0.264 e. The molecule has 0 unspecified atom stereocenters. The molecular formula is C32H39N3O4S. The fraction of sp³-hybridized carbons (Fsp3) is 0.375. The number of sulfonamides is 1. The average molecular weight is 562 g/mol. The Morgan fingerprint density at radius 3 is 2.17 bits per heavy atom. The number of nitrogens with one attached hydrogen (secondary N) is 1. The molecule has 0 aliphatic heterocycles. The van der Waals surface area contributed by atoms with Gasteiger partial charge >= 0.3 is 0 Å². The van der Waals surface area contributed by atoms with E-state index in [4.69, 9.17) is 0 Å². The third-order valence-corrected chi connectivity index (χ3v) is 9.24. The van der Waals surface area contributed by atoms with Crippen LogP contribution in [0.2, 0.25) is 0 Å². The summed E-state index contributed by atoms with van der Waals surface area (Å²) in [5.41, 5.74) is 3.18. The Balaban J connectivity index is 1.67. The van der Waals surface area contributed by atoms with Crippen LogP contribution < -0.4 is 9.62 Å². The lowest BCUT2D eigenvalue weighted by atomic mass is 9.95. The first-order valence-electron chi connectivity index (χ1n) is 13.9. The highest BCUT2D eigenvalue weighted by Gasteiger charge is 2.33. The Morgan fingerprint density at radius 1 is 0.875 bits per heavy atom. The normalized spacial score (nSPS) is 14.8. The van der Waals surface area contributed by atoms with Crippen LogP contribution in [-0.2, 0) is 26.2 Å². The Bertz CT molecular complexity index is 1420. The lowest BCUT2D eigenvalue weighted by molar-refractivity contribution is -0.139. The van der Waals surface area contributed by atoms with E-state index < -0.39 is 28.5 Å². The number of benzene rings is 3. The largest absolute Gasteiger partial charge is 0.352 e. The van der Waals surface area contributed by atoms with Gasteiger partial charge in [-0.2, -0.15) is 0 Å². The molecule has 212 valence electrons. The maximum absolute atomic E-state index is 14.1. The van der Waals surface area contributed by atoms with Crippen LogP contribution >= 0.6 is 0 Å². The van der Waals surface area contributed by atoms with Gasteiger partial charge in [0.1, 0.15) is 12.6 Å². The number of anilines is 1. The van der Waals surface area contributed by atoms with Gasteiger partial charge < -0.3 is 10.2 Å². The molecule has 0 bridgehead atoms. The van der Waals surface area contributed by atoms with Crippen molar-refractivity contribution in [2.45, 2.75) is 76.4 Å². The average Bonchev–Trinajstić information content (AvgIpc) is 2.95. The van der Waals surface area contributed by atoms with E-state index in [1.807, 2.05) is 44.2 Å². The molecule has 1 fully saturated rings. The molecule has 4 rings (SSSR count). The third-order valence-electron chi connectivity index (χ3n) is 7.45. The molecule has 1 N–H and O–H groups in total. The minimum absolute atomic E-state index is 0.0950. The van der Waals surface area contributed by atoms with Crippen molar-refractivity contribution in [2.75, 3.05) is 10.8 Å². The molecule has 1 aliphatic rings. The zero-order chi connectivity index (χ0) is 28.7. The molecule has 2 amide bonds. The number of nitrogens with zero attached hydrogens (tertiary/aromatic N) is 2. The molecule has 1 saturated carbocycles. The van der Waals surface area contributed by atoms with Crippen LogP contribution in [0.3, 0.4) is 0 Å². The molecule has 7 nitrogen and oxygen atoms in total. The zero-order valence-corrected chi connectivity index (χ0v) is 24.4. The van der Waals surface area contributed by atoms with Crippen molar-refractivity contribution >= 4 is 27.5 Å². The van der Waals surface area contributed by atoms with Crippen LogP contribution in [0.15, 0.2) is 83.8 Å². The molecule has 0 aromatic heterocycles. The molecule has 3 aromatic rings. The van der Waals surface area contributed by atoms with Gasteiger partial charge in [-0.3, -0.25) is 13.9 Å². The SMILES string of the molecule is Cc1cccc(CN(C(=O)CN(c2cccc(C)c2)S(=O)(=O)c2ccccc2)[C@@H](C)C(=O)NC2CCCCC2)c1. The van der Waals surface area contributed by atoms with Crippen molar-refractivity contribution < 1.29 is 18.0 Å². The number of rotatable bonds is 10. The molecular weight excluding hydrogens is 522 g/mol. The van der Waals surface area contributed by atoms with E-state index in [-0.39, 0.29) is 23.4 Å². The van der Waals surface area contributed by atoms with Gasteiger partial charge in [0.25, 0.3) is 10.0 Å². The fourth-order valence-electron chi connectivity index (χ4n) is 5.19. The van der Waals surface area contributed by atoms with E-state index in [9.17, 15) is 18.0 Å². The van der Waals surface area contributed by atoms with Gasteiger partial charge in [-0.15, -0.1) is 0 Å². The first-order chi connectivity index (χ1) is 19.1. The van der Waals surface area contributed by atoms with Crippen LogP contribution in [0.5, 0.6) is 0 Å². The standard InChI is InChI=1S/C32H39N3O4S/c1-24-12-10-14-27(20-24)22-34(26(3)32(37)33-28-15-6-4-7-16-28)31(36)23-35(29-17-11-13-25(2)21-29)40(38,39)30-18-8-5-9-19-30/h5,8-14,17-21,26,28H,4,6-7,15-16,22-23H2,1-3H3,(H,33,37)/t26-/m0/s1. The highest BCUT2D eigenvalue weighted by Crippen LogP contribution is 2.25. The Kier molecular flexibility index (Phi) is 9.63. The maximum atomic E-state index is 14.1. The van der Waals surface area contributed by atoms with Crippen LogP contribution in [0.1, 0.15) is 55.7 Å². The number of carbonyl (C=O) groups excluding carboxylic acids is 2. The summed E-state index contributed by atoms with van der Waals surface area (Å²) >= 11 is 0. The minimum Gasteiger partial charge on any atom is -0.352 e. The van der Waals surface area contributed by atoms with E-state index in [0.29, 0.717) is 5.69 Å². The van der Waals surface area contributed by atoms with Gasteiger partial charge in [0, 0.05) is 12.6 Å². The summed E-state index contributed by atoms with van der Waals surface area (Å²) in [5.74, 6) is -0.672. The first-order valence-corrected chi connectivity index (χ1v) is 15.4. The van der Waals surface area contributed by atoms with E-state index in [0.717, 1.165) is 46.7 Å². The lowest BCUT2D eigenvalue weighted by Gasteiger charge is -2.33. The number of hydrogen-bond acceptors (Lipinski definition) is 4. The molecule has 8 heteroatoms. The van der Waals surface area contributed by atoms with Crippen molar-refractivity contribution in [3.8, 4) is 0 Å². The zero-order valence-electron chi connectivity index (χ0n) is 23.5. The number of hydrogen-bond donors (Lipinski definition) is 1. The predicted molar refractivity (Wildman–Crippen MR) is 158 cm³/mol. The minimum atomic E-state index is -4.06.